The van der Waals surface area contributed by atoms with Gasteiger partial charge in [0.05, 0.1) is 0 Å². The van der Waals surface area contributed by atoms with Crippen LogP contribution in [-0.4, -0.2) is 24.7 Å². The number of nitrogen functional groups attached to an aromatic ring is 1. The maximum absolute atomic E-state index is 5.97. The molecule has 7 heteroatoms. The number of nitrogens with two attached hydrogens (primary N) is 1. The molecule has 3 aromatic heterocycles. The lowest BCUT2D eigenvalue weighted by Gasteiger charge is -2.10. The molecule has 0 amide bonds. The van der Waals surface area contributed by atoms with Crippen molar-refractivity contribution in [2.75, 3.05) is 5.73 Å². The van der Waals surface area contributed by atoms with Crippen molar-refractivity contribution in [3.05, 3.63) is 60.5 Å². The summed E-state index contributed by atoms with van der Waals surface area (Å²) in [6, 6.07) is 10.1. The van der Waals surface area contributed by atoms with E-state index in [1.54, 1.807) is 11.0 Å². The minimum Gasteiger partial charge on any atom is -0.443 e. The SMILES string of the molecule is Nc1nc(-n2cncn2)c(Cc2ccccc2)c2ocnc12. The van der Waals surface area contributed by atoms with Crippen LogP contribution in [0.3, 0.4) is 0 Å². The molecule has 1 aromatic carbocycles. The predicted octanol–water partition coefficient (Wildman–Crippen LogP) is 1.98. The molecule has 0 fully saturated rings. The van der Waals surface area contributed by atoms with E-state index in [0.717, 1.165) is 11.1 Å². The Kier molecular flexibility index (Phi) is 2.82. The molecule has 4 rings (SSSR count). The standard InChI is InChI=1S/C15H12N6O/c16-14-12-13(22-9-18-12)11(6-10-4-2-1-3-5-10)15(20-14)21-8-17-7-19-21/h1-5,7-9H,6H2,(H2,16,20). The molecule has 2 N–H and O–H groups in total. The fourth-order valence-electron chi connectivity index (χ4n) is 2.45. The van der Waals surface area contributed by atoms with Crippen LogP contribution in [0.4, 0.5) is 5.82 Å². The summed E-state index contributed by atoms with van der Waals surface area (Å²) in [6.45, 7) is 0. The van der Waals surface area contributed by atoms with Crippen LogP contribution in [0.5, 0.6) is 0 Å². The highest BCUT2D eigenvalue weighted by Gasteiger charge is 2.18. The molecule has 0 bridgehead atoms. The van der Waals surface area contributed by atoms with Gasteiger partial charge in [-0.25, -0.2) is 19.6 Å². The molecule has 0 saturated carbocycles. The number of rotatable bonds is 3. The minimum atomic E-state index is 0.311. The molecule has 0 aliphatic rings. The summed E-state index contributed by atoms with van der Waals surface area (Å²) in [5, 5.41) is 4.15. The fourth-order valence-corrected chi connectivity index (χ4v) is 2.45. The molecule has 0 unspecified atom stereocenters. The van der Waals surface area contributed by atoms with E-state index in [1.165, 1.54) is 12.7 Å². The number of hydrogen-bond acceptors (Lipinski definition) is 6. The Labute approximate surface area is 125 Å². The number of fused-ring (bicyclic) bond motifs is 1. The molecule has 4 aromatic rings. The highest BCUT2D eigenvalue weighted by atomic mass is 16.3. The number of aromatic nitrogens is 5. The van der Waals surface area contributed by atoms with Crippen molar-refractivity contribution in [3.63, 3.8) is 0 Å². The third-order valence-electron chi connectivity index (χ3n) is 3.44. The summed E-state index contributed by atoms with van der Waals surface area (Å²) in [7, 11) is 0. The summed E-state index contributed by atoms with van der Waals surface area (Å²) in [6.07, 6.45) is 5.05. The molecular formula is C15H12N6O. The van der Waals surface area contributed by atoms with Crippen LogP contribution in [0.25, 0.3) is 16.9 Å². The lowest BCUT2D eigenvalue weighted by Crippen LogP contribution is -2.07. The van der Waals surface area contributed by atoms with Gasteiger partial charge in [-0.1, -0.05) is 30.3 Å². The first-order valence-electron chi connectivity index (χ1n) is 6.73. The minimum absolute atomic E-state index is 0.311. The molecule has 0 aliphatic heterocycles. The topological polar surface area (TPSA) is 95.7 Å². The van der Waals surface area contributed by atoms with Gasteiger partial charge in [0.1, 0.15) is 12.7 Å². The van der Waals surface area contributed by atoms with Crippen molar-refractivity contribution in [3.8, 4) is 5.82 Å². The quantitative estimate of drug-likeness (QED) is 0.620. The van der Waals surface area contributed by atoms with Gasteiger partial charge < -0.3 is 10.2 Å². The van der Waals surface area contributed by atoms with Gasteiger partial charge in [-0.05, 0) is 5.56 Å². The van der Waals surface area contributed by atoms with Gasteiger partial charge in [0.25, 0.3) is 0 Å². The summed E-state index contributed by atoms with van der Waals surface area (Å²) < 4.78 is 7.13. The van der Waals surface area contributed by atoms with Crippen LogP contribution >= 0.6 is 0 Å². The lowest BCUT2D eigenvalue weighted by atomic mass is 10.0. The zero-order valence-electron chi connectivity index (χ0n) is 11.5. The predicted molar refractivity (Wildman–Crippen MR) is 80.4 cm³/mol. The first-order chi connectivity index (χ1) is 10.8. The van der Waals surface area contributed by atoms with Gasteiger partial charge in [-0.15, -0.1) is 0 Å². The Balaban J connectivity index is 1.95. The molecule has 0 atom stereocenters. The third-order valence-corrected chi connectivity index (χ3v) is 3.44. The molecular weight excluding hydrogens is 280 g/mol. The van der Waals surface area contributed by atoms with Crippen LogP contribution in [-0.2, 0) is 6.42 Å². The first-order valence-corrected chi connectivity index (χ1v) is 6.73. The highest BCUT2D eigenvalue weighted by Crippen LogP contribution is 2.28. The molecule has 0 radical (unpaired) electrons. The highest BCUT2D eigenvalue weighted by molar-refractivity contribution is 5.87. The monoisotopic (exact) mass is 292 g/mol. The Bertz CT molecular complexity index is 914. The van der Waals surface area contributed by atoms with E-state index in [2.05, 4.69) is 20.1 Å². The van der Waals surface area contributed by atoms with E-state index in [0.29, 0.717) is 29.2 Å². The van der Waals surface area contributed by atoms with Gasteiger partial charge in [-0.2, -0.15) is 5.10 Å². The number of hydrogen-bond donors (Lipinski definition) is 1. The smallest absolute Gasteiger partial charge is 0.182 e. The summed E-state index contributed by atoms with van der Waals surface area (Å²) in [4.78, 5) is 12.5. The average Bonchev–Trinajstić information content (AvgIpc) is 3.22. The molecule has 7 nitrogen and oxygen atoms in total. The number of benzene rings is 1. The molecule has 0 saturated heterocycles. The van der Waals surface area contributed by atoms with Crippen molar-refractivity contribution in [1.82, 2.24) is 24.7 Å². The van der Waals surface area contributed by atoms with Crippen LogP contribution in [0.1, 0.15) is 11.1 Å². The molecule has 0 spiro atoms. The Morgan fingerprint density at radius 3 is 2.82 bits per heavy atom. The zero-order chi connectivity index (χ0) is 14.9. The van der Waals surface area contributed by atoms with Crippen LogP contribution < -0.4 is 5.73 Å². The zero-order valence-corrected chi connectivity index (χ0v) is 11.5. The van der Waals surface area contributed by atoms with Gasteiger partial charge >= 0.3 is 0 Å². The van der Waals surface area contributed by atoms with Crippen molar-refractivity contribution in [1.29, 1.82) is 0 Å². The van der Waals surface area contributed by atoms with Crippen LogP contribution in [0.2, 0.25) is 0 Å². The largest absolute Gasteiger partial charge is 0.443 e. The fraction of sp³-hybridized carbons (Fsp3) is 0.0667. The van der Waals surface area contributed by atoms with Gasteiger partial charge in [0.15, 0.2) is 29.1 Å². The van der Waals surface area contributed by atoms with Crippen molar-refractivity contribution >= 4 is 16.9 Å². The van der Waals surface area contributed by atoms with Crippen LogP contribution in [0, 0.1) is 0 Å². The molecule has 0 aliphatic carbocycles. The molecule has 108 valence electrons. The van der Waals surface area contributed by atoms with E-state index in [4.69, 9.17) is 10.2 Å². The third kappa shape index (κ3) is 1.99. The van der Waals surface area contributed by atoms with E-state index in [1.807, 2.05) is 30.3 Å². The maximum Gasteiger partial charge on any atom is 0.182 e. The number of anilines is 1. The Morgan fingerprint density at radius 1 is 1.18 bits per heavy atom. The summed E-state index contributed by atoms with van der Waals surface area (Å²) in [5.41, 5.74) is 9.17. The Morgan fingerprint density at radius 2 is 2.05 bits per heavy atom. The van der Waals surface area contributed by atoms with E-state index in [9.17, 15) is 0 Å². The van der Waals surface area contributed by atoms with Crippen molar-refractivity contribution < 1.29 is 4.42 Å². The number of pyridine rings is 1. The van der Waals surface area contributed by atoms with Gasteiger partial charge in [0, 0.05) is 12.0 Å². The number of oxazole rings is 1. The second-order valence-corrected chi connectivity index (χ2v) is 4.83. The maximum atomic E-state index is 5.97. The Hall–Kier alpha value is -3.22. The van der Waals surface area contributed by atoms with E-state index in [-0.39, 0.29) is 0 Å². The number of nitrogens with zero attached hydrogens (tertiary/aromatic N) is 5. The molecule has 3 heterocycles. The normalized spacial score (nSPS) is 11.1. The van der Waals surface area contributed by atoms with E-state index >= 15 is 0 Å². The second kappa shape index (κ2) is 4.96. The second-order valence-electron chi connectivity index (χ2n) is 4.83. The van der Waals surface area contributed by atoms with E-state index < -0.39 is 0 Å². The molecule has 22 heavy (non-hydrogen) atoms. The average molecular weight is 292 g/mol. The van der Waals surface area contributed by atoms with Crippen LogP contribution in [0.15, 0.2) is 53.8 Å². The lowest BCUT2D eigenvalue weighted by molar-refractivity contribution is 0.597. The summed E-state index contributed by atoms with van der Waals surface area (Å²) >= 11 is 0. The van der Waals surface area contributed by atoms with Crippen molar-refractivity contribution in [2.45, 2.75) is 6.42 Å². The van der Waals surface area contributed by atoms with Gasteiger partial charge in [-0.3, -0.25) is 0 Å². The summed E-state index contributed by atoms with van der Waals surface area (Å²) in [5.74, 6) is 0.911. The van der Waals surface area contributed by atoms with Gasteiger partial charge in [0.2, 0.25) is 0 Å². The first kappa shape index (κ1) is 12.5. The van der Waals surface area contributed by atoms with Crippen molar-refractivity contribution in [2.24, 2.45) is 0 Å².